The third-order valence-electron chi connectivity index (χ3n) is 4.67. The van der Waals surface area contributed by atoms with Gasteiger partial charge in [0.25, 0.3) is 5.69 Å². The second-order valence-electron chi connectivity index (χ2n) is 8.18. The van der Waals surface area contributed by atoms with E-state index in [1.54, 1.807) is 12.1 Å². The standard InChI is InChI=1S/C21H28N2O3/c1-20(2,14-16-8-6-5-7-9-16)19(24)15-21(3,4)22-17-10-12-18(13-11-17)23(25)26/h5-13,19,22,24H,14-15H2,1-4H3. The lowest BCUT2D eigenvalue weighted by molar-refractivity contribution is -0.384. The maximum Gasteiger partial charge on any atom is 0.269 e. The molecule has 0 spiro atoms. The van der Waals surface area contributed by atoms with E-state index < -0.39 is 11.0 Å². The summed E-state index contributed by atoms with van der Waals surface area (Å²) in [5.74, 6) is 0. The maximum atomic E-state index is 10.8. The topological polar surface area (TPSA) is 75.4 Å². The van der Waals surface area contributed by atoms with Crippen molar-refractivity contribution in [1.82, 2.24) is 0 Å². The van der Waals surface area contributed by atoms with Gasteiger partial charge in [0.1, 0.15) is 0 Å². The molecule has 0 amide bonds. The predicted molar refractivity (Wildman–Crippen MR) is 105 cm³/mol. The van der Waals surface area contributed by atoms with E-state index in [1.165, 1.54) is 17.7 Å². The first kappa shape index (κ1) is 19.9. The summed E-state index contributed by atoms with van der Waals surface area (Å²) in [5.41, 5.74) is 1.45. The molecule has 0 saturated carbocycles. The average Bonchev–Trinajstić information content (AvgIpc) is 2.55. The maximum absolute atomic E-state index is 10.8. The third kappa shape index (κ3) is 5.56. The molecule has 1 unspecified atom stereocenters. The Morgan fingerprint density at radius 1 is 1.04 bits per heavy atom. The molecule has 2 aromatic carbocycles. The number of nitrogens with zero attached hydrogens (tertiary/aromatic N) is 1. The minimum atomic E-state index is -0.497. The molecular weight excluding hydrogens is 328 g/mol. The summed E-state index contributed by atoms with van der Waals surface area (Å²) in [7, 11) is 0. The normalized spacial score (nSPS) is 13.3. The molecule has 2 rings (SSSR count). The Hall–Kier alpha value is -2.40. The van der Waals surface area contributed by atoms with Gasteiger partial charge in [-0.2, -0.15) is 0 Å². The molecule has 0 aliphatic heterocycles. The molecule has 26 heavy (non-hydrogen) atoms. The van der Waals surface area contributed by atoms with Gasteiger partial charge in [-0.3, -0.25) is 10.1 Å². The molecule has 1 atom stereocenters. The number of aliphatic hydroxyl groups excluding tert-OH is 1. The predicted octanol–water partition coefficient (Wildman–Crippen LogP) is 4.81. The van der Waals surface area contributed by atoms with Crippen molar-refractivity contribution >= 4 is 11.4 Å². The SMILES string of the molecule is CC(C)(CC(O)C(C)(C)Cc1ccccc1)Nc1ccc([N+](=O)[O-])cc1. The molecule has 5 heteroatoms. The first-order valence-corrected chi connectivity index (χ1v) is 8.84. The Balaban J connectivity index is 2.01. The van der Waals surface area contributed by atoms with Crippen molar-refractivity contribution in [3.63, 3.8) is 0 Å². The third-order valence-corrected chi connectivity index (χ3v) is 4.67. The molecule has 0 saturated heterocycles. The number of rotatable bonds is 8. The van der Waals surface area contributed by atoms with Gasteiger partial charge < -0.3 is 10.4 Å². The van der Waals surface area contributed by atoms with E-state index in [2.05, 4.69) is 31.3 Å². The van der Waals surface area contributed by atoms with Gasteiger partial charge in [0.2, 0.25) is 0 Å². The molecular formula is C21H28N2O3. The van der Waals surface area contributed by atoms with E-state index in [0.717, 1.165) is 12.1 Å². The van der Waals surface area contributed by atoms with Crippen LogP contribution >= 0.6 is 0 Å². The van der Waals surface area contributed by atoms with Crippen molar-refractivity contribution in [3.8, 4) is 0 Å². The number of non-ortho nitro benzene ring substituents is 1. The van der Waals surface area contributed by atoms with E-state index in [0.29, 0.717) is 6.42 Å². The number of nitrogens with one attached hydrogen (secondary N) is 1. The second-order valence-corrected chi connectivity index (χ2v) is 8.18. The number of nitro benzene ring substituents is 1. The molecule has 0 fully saturated rings. The highest BCUT2D eigenvalue weighted by Gasteiger charge is 2.33. The van der Waals surface area contributed by atoms with Crippen molar-refractivity contribution in [2.75, 3.05) is 5.32 Å². The number of nitro groups is 1. The lowest BCUT2D eigenvalue weighted by Crippen LogP contribution is -2.41. The van der Waals surface area contributed by atoms with Crippen LogP contribution < -0.4 is 5.32 Å². The van der Waals surface area contributed by atoms with Gasteiger partial charge in [-0.1, -0.05) is 44.2 Å². The molecule has 0 bridgehead atoms. The summed E-state index contributed by atoms with van der Waals surface area (Å²) < 4.78 is 0. The van der Waals surface area contributed by atoms with Gasteiger partial charge >= 0.3 is 0 Å². The highest BCUT2D eigenvalue weighted by atomic mass is 16.6. The Morgan fingerprint density at radius 2 is 1.62 bits per heavy atom. The van der Waals surface area contributed by atoms with E-state index in [4.69, 9.17) is 0 Å². The number of hydrogen-bond acceptors (Lipinski definition) is 4. The first-order chi connectivity index (χ1) is 12.1. The molecule has 0 aromatic heterocycles. The highest BCUT2D eigenvalue weighted by Crippen LogP contribution is 2.32. The lowest BCUT2D eigenvalue weighted by atomic mass is 9.76. The minimum Gasteiger partial charge on any atom is -0.392 e. The number of benzene rings is 2. The van der Waals surface area contributed by atoms with Crippen LogP contribution in [0, 0.1) is 15.5 Å². The smallest absolute Gasteiger partial charge is 0.269 e. The van der Waals surface area contributed by atoms with Crippen molar-refractivity contribution < 1.29 is 10.0 Å². The van der Waals surface area contributed by atoms with Gasteiger partial charge in [-0.25, -0.2) is 0 Å². The summed E-state index contributed by atoms with van der Waals surface area (Å²) in [4.78, 5) is 10.3. The summed E-state index contributed by atoms with van der Waals surface area (Å²) in [5, 5.41) is 25.0. The molecule has 2 aromatic rings. The zero-order valence-corrected chi connectivity index (χ0v) is 15.9. The van der Waals surface area contributed by atoms with Crippen molar-refractivity contribution in [3.05, 3.63) is 70.3 Å². The van der Waals surface area contributed by atoms with Crippen LogP contribution in [0.25, 0.3) is 0 Å². The quantitative estimate of drug-likeness (QED) is 0.526. The van der Waals surface area contributed by atoms with E-state index >= 15 is 0 Å². The van der Waals surface area contributed by atoms with Crippen LogP contribution in [-0.4, -0.2) is 21.7 Å². The average molecular weight is 356 g/mol. The zero-order valence-electron chi connectivity index (χ0n) is 15.9. The van der Waals surface area contributed by atoms with Crippen LogP contribution in [0.5, 0.6) is 0 Å². The van der Waals surface area contributed by atoms with Crippen LogP contribution in [0.1, 0.15) is 39.7 Å². The van der Waals surface area contributed by atoms with Crippen molar-refractivity contribution in [1.29, 1.82) is 0 Å². The van der Waals surface area contributed by atoms with Crippen molar-refractivity contribution in [2.45, 2.75) is 52.2 Å². The van der Waals surface area contributed by atoms with E-state index in [-0.39, 0.29) is 16.6 Å². The fraction of sp³-hybridized carbons (Fsp3) is 0.429. The Labute approximate surface area is 155 Å². The van der Waals surface area contributed by atoms with Crippen molar-refractivity contribution in [2.24, 2.45) is 5.41 Å². The summed E-state index contributed by atoms with van der Waals surface area (Å²) >= 11 is 0. The van der Waals surface area contributed by atoms with Gasteiger partial charge in [-0.05, 0) is 49.8 Å². The number of hydrogen-bond donors (Lipinski definition) is 2. The minimum absolute atomic E-state index is 0.0670. The fourth-order valence-electron chi connectivity index (χ4n) is 3.11. The molecule has 0 heterocycles. The zero-order chi connectivity index (χ0) is 19.4. The molecule has 0 aliphatic carbocycles. The Kier molecular flexibility index (Phi) is 6.03. The van der Waals surface area contributed by atoms with E-state index in [1.807, 2.05) is 32.0 Å². The molecule has 140 valence electrons. The van der Waals surface area contributed by atoms with Crippen LogP contribution in [-0.2, 0) is 6.42 Å². The Bertz CT molecular complexity index is 725. The van der Waals surface area contributed by atoms with Gasteiger partial charge in [-0.15, -0.1) is 0 Å². The first-order valence-electron chi connectivity index (χ1n) is 8.84. The summed E-state index contributed by atoms with van der Waals surface area (Å²) in [6, 6.07) is 16.5. The fourth-order valence-corrected chi connectivity index (χ4v) is 3.11. The van der Waals surface area contributed by atoms with Crippen LogP contribution in [0.4, 0.5) is 11.4 Å². The molecule has 0 aliphatic rings. The molecule has 5 nitrogen and oxygen atoms in total. The van der Waals surface area contributed by atoms with E-state index in [9.17, 15) is 15.2 Å². The van der Waals surface area contributed by atoms with Crippen LogP contribution in [0.15, 0.2) is 54.6 Å². The largest absolute Gasteiger partial charge is 0.392 e. The number of aliphatic hydroxyl groups is 1. The monoisotopic (exact) mass is 356 g/mol. The summed E-state index contributed by atoms with van der Waals surface area (Å²) in [6.07, 6.45) is 0.857. The highest BCUT2D eigenvalue weighted by molar-refractivity contribution is 5.50. The van der Waals surface area contributed by atoms with Gasteiger partial charge in [0.15, 0.2) is 0 Å². The van der Waals surface area contributed by atoms with Crippen LogP contribution in [0.2, 0.25) is 0 Å². The van der Waals surface area contributed by atoms with Gasteiger partial charge in [0.05, 0.1) is 11.0 Å². The van der Waals surface area contributed by atoms with Crippen LogP contribution in [0.3, 0.4) is 0 Å². The molecule has 2 N–H and O–H groups in total. The van der Waals surface area contributed by atoms with Gasteiger partial charge in [0, 0.05) is 23.4 Å². The molecule has 0 radical (unpaired) electrons. The Morgan fingerprint density at radius 3 is 2.15 bits per heavy atom. The second kappa shape index (κ2) is 7.87. The lowest BCUT2D eigenvalue weighted by Gasteiger charge is -2.37. The summed E-state index contributed by atoms with van der Waals surface area (Å²) in [6.45, 7) is 8.20. The number of anilines is 1.